The maximum atomic E-state index is 2.48. The average Bonchev–Trinajstić information content (AvgIpc) is 3.52. The molecule has 0 aliphatic carbocycles. The van der Waals surface area contributed by atoms with Crippen LogP contribution in [-0.4, -0.2) is 4.57 Å². The molecule has 0 bridgehead atoms. The molecular weight excluding hydrogens is 591 g/mol. The average molecular weight is 622 g/mol. The van der Waals surface area contributed by atoms with Gasteiger partial charge >= 0.3 is 0 Å². The molecule has 0 radical (unpaired) electrons. The highest BCUT2D eigenvalue weighted by atomic mass is 15.0. The van der Waals surface area contributed by atoms with E-state index >= 15 is 0 Å². The standard InChI is InChI=1S/C48H31N/c1-4-14-32(15-5-1)35-28-36(33-16-6-2-7-17-33)30-37(29-35)34-24-27-46-45(31-34)44-26-25-43-41-22-11-10-20-39(41)40-21-12-13-23-42(40)47(43)48(44)49(46)38-18-8-3-9-19-38/h1-31H. The van der Waals surface area contributed by atoms with Gasteiger partial charge in [0.1, 0.15) is 0 Å². The summed E-state index contributed by atoms with van der Waals surface area (Å²) in [5.74, 6) is 0. The first kappa shape index (κ1) is 27.7. The number of hydrogen-bond acceptors (Lipinski definition) is 0. The molecule has 0 aliphatic rings. The van der Waals surface area contributed by atoms with Gasteiger partial charge in [0.05, 0.1) is 11.0 Å². The van der Waals surface area contributed by atoms with Gasteiger partial charge in [-0.25, -0.2) is 0 Å². The molecule has 0 N–H and O–H groups in total. The fourth-order valence-corrected chi connectivity index (χ4v) is 7.91. The zero-order valence-corrected chi connectivity index (χ0v) is 26.8. The van der Waals surface area contributed by atoms with E-state index in [-0.39, 0.29) is 0 Å². The summed E-state index contributed by atoms with van der Waals surface area (Å²) in [6.45, 7) is 0. The predicted molar refractivity (Wildman–Crippen MR) is 210 cm³/mol. The summed E-state index contributed by atoms with van der Waals surface area (Å²) < 4.78 is 2.48. The van der Waals surface area contributed by atoms with Gasteiger partial charge in [0.2, 0.25) is 0 Å². The molecule has 1 heteroatoms. The van der Waals surface area contributed by atoms with E-state index in [0.717, 1.165) is 5.69 Å². The van der Waals surface area contributed by atoms with E-state index in [1.54, 1.807) is 0 Å². The monoisotopic (exact) mass is 621 g/mol. The normalized spacial score (nSPS) is 11.7. The third kappa shape index (κ3) is 4.40. The van der Waals surface area contributed by atoms with E-state index < -0.39 is 0 Å². The lowest BCUT2D eigenvalue weighted by atomic mass is 9.92. The molecule has 0 saturated carbocycles. The van der Waals surface area contributed by atoms with E-state index in [9.17, 15) is 0 Å². The highest BCUT2D eigenvalue weighted by molar-refractivity contribution is 6.33. The molecule has 10 aromatic rings. The van der Waals surface area contributed by atoms with Crippen LogP contribution in [0.2, 0.25) is 0 Å². The lowest BCUT2D eigenvalue weighted by molar-refractivity contribution is 1.19. The summed E-state index contributed by atoms with van der Waals surface area (Å²) in [7, 11) is 0. The second kappa shape index (κ2) is 11.1. The molecule has 0 fully saturated rings. The number of hydrogen-bond donors (Lipinski definition) is 0. The van der Waals surface area contributed by atoms with Crippen LogP contribution in [0.5, 0.6) is 0 Å². The van der Waals surface area contributed by atoms with E-state index in [1.165, 1.54) is 87.5 Å². The lowest BCUT2D eigenvalue weighted by Crippen LogP contribution is -1.95. The number of aromatic nitrogens is 1. The van der Waals surface area contributed by atoms with Crippen LogP contribution in [-0.2, 0) is 0 Å². The van der Waals surface area contributed by atoms with Gasteiger partial charge in [-0.2, -0.15) is 0 Å². The topological polar surface area (TPSA) is 4.93 Å². The Labute approximate surface area is 284 Å². The minimum atomic E-state index is 1.16. The molecule has 0 aliphatic heterocycles. The lowest BCUT2D eigenvalue weighted by Gasteiger charge is -2.14. The molecule has 9 aromatic carbocycles. The van der Waals surface area contributed by atoms with E-state index in [2.05, 4.69) is 193 Å². The molecular formula is C48H31N. The van der Waals surface area contributed by atoms with Crippen LogP contribution >= 0.6 is 0 Å². The molecule has 1 heterocycles. The van der Waals surface area contributed by atoms with Crippen LogP contribution in [0.1, 0.15) is 0 Å². The van der Waals surface area contributed by atoms with Crippen LogP contribution in [0, 0.1) is 0 Å². The van der Waals surface area contributed by atoms with Crippen molar-refractivity contribution in [3.63, 3.8) is 0 Å². The van der Waals surface area contributed by atoms with E-state index in [1.807, 2.05) is 0 Å². The van der Waals surface area contributed by atoms with Crippen molar-refractivity contribution < 1.29 is 0 Å². The van der Waals surface area contributed by atoms with Gasteiger partial charge in [-0.15, -0.1) is 0 Å². The first-order valence-corrected chi connectivity index (χ1v) is 16.9. The molecule has 0 atom stereocenters. The zero-order chi connectivity index (χ0) is 32.3. The molecule has 49 heavy (non-hydrogen) atoms. The quantitative estimate of drug-likeness (QED) is 0.172. The van der Waals surface area contributed by atoms with Gasteiger partial charge in [0.25, 0.3) is 0 Å². The second-order valence-electron chi connectivity index (χ2n) is 12.9. The van der Waals surface area contributed by atoms with Crippen molar-refractivity contribution in [2.75, 3.05) is 0 Å². The van der Waals surface area contributed by atoms with Crippen molar-refractivity contribution in [1.29, 1.82) is 0 Å². The zero-order valence-electron chi connectivity index (χ0n) is 26.8. The SMILES string of the molecule is c1ccc(-c2cc(-c3ccccc3)cc(-c3ccc4c(c3)c3ccc5c6ccccc6c6ccccc6c5c3n4-c3ccccc3)c2)cc1. The maximum absolute atomic E-state index is 2.48. The molecule has 0 unspecified atom stereocenters. The maximum Gasteiger partial charge on any atom is 0.0625 e. The summed E-state index contributed by atoms with van der Waals surface area (Å²) in [6.07, 6.45) is 0. The van der Waals surface area contributed by atoms with Crippen molar-refractivity contribution in [3.8, 4) is 39.1 Å². The van der Waals surface area contributed by atoms with Crippen molar-refractivity contribution >= 4 is 54.1 Å². The van der Waals surface area contributed by atoms with Crippen LogP contribution in [0.25, 0.3) is 93.2 Å². The summed E-state index contributed by atoms with van der Waals surface area (Å²) in [5, 5.41) is 10.2. The second-order valence-corrected chi connectivity index (χ2v) is 12.9. The van der Waals surface area contributed by atoms with Gasteiger partial charge in [-0.3, -0.25) is 0 Å². The molecule has 0 saturated heterocycles. The minimum Gasteiger partial charge on any atom is -0.309 e. The van der Waals surface area contributed by atoms with Crippen molar-refractivity contribution in [2.24, 2.45) is 0 Å². The van der Waals surface area contributed by atoms with Gasteiger partial charge in [-0.1, -0.05) is 146 Å². The molecule has 1 nitrogen and oxygen atoms in total. The largest absolute Gasteiger partial charge is 0.309 e. The Hall–Kier alpha value is -6.44. The molecule has 1 aromatic heterocycles. The fourth-order valence-electron chi connectivity index (χ4n) is 7.91. The van der Waals surface area contributed by atoms with E-state index in [0.29, 0.717) is 0 Å². The molecule has 0 spiro atoms. The molecule has 0 amide bonds. The summed E-state index contributed by atoms with van der Waals surface area (Å²) in [5.41, 5.74) is 10.9. The summed E-state index contributed by atoms with van der Waals surface area (Å²) in [6, 6.07) is 68.7. The van der Waals surface area contributed by atoms with Crippen molar-refractivity contribution in [2.45, 2.75) is 0 Å². The van der Waals surface area contributed by atoms with E-state index in [4.69, 9.17) is 0 Å². The first-order chi connectivity index (χ1) is 24.3. The van der Waals surface area contributed by atoms with Gasteiger partial charge in [-0.05, 0) is 103 Å². The highest BCUT2D eigenvalue weighted by Gasteiger charge is 2.19. The Morgan fingerprint density at radius 3 is 1.31 bits per heavy atom. The van der Waals surface area contributed by atoms with Gasteiger partial charge < -0.3 is 4.57 Å². The smallest absolute Gasteiger partial charge is 0.0625 e. The number of para-hydroxylation sites is 1. The van der Waals surface area contributed by atoms with Crippen molar-refractivity contribution in [1.82, 2.24) is 4.57 Å². The van der Waals surface area contributed by atoms with Gasteiger partial charge in [0.15, 0.2) is 0 Å². The fraction of sp³-hybridized carbons (Fsp3) is 0. The minimum absolute atomic E-state index is 1.16. The van der Waals surface area contributed by atoms with Crippen molar-refractivity contribution in [3.05, 3.63) is 188 Å². The van der Waals surface area contributed by atoms with Crippen LogP contribution in [0.3, 0.4) is 0 Å². The third-order valence-corrected chi connectivity index (χ3v) is 10.1. The predicted octanol–water partition coefficient (Wildman–Crippen LogP) is 13.2. The number of rotatable bonds is 4. The Morgan fingerprint density at radius 2 is 0.714 bits per heavy atom. The number of fused-ring (bicyclic) bond motifs is 10. The Balaban J connectivity index is 1.31. The molecule has 10 rings (SSSR count). The Morgan fingerprint density at radius 1 is 0.265 bits per heavy atom. The Kier molecular flexibility index (Phi) is 6.25. The summed E-state index contributed by atoms with van der Waals surface area (Å²) >= 11 is 0. The Bertz CT molecular complexity index is 2750. The third-order valence-electron chi connectivity index (χ3n) is 10.1. The highest BCUT2D eigenvalue weighted by Crippen LogP contribution is 2.44. The number of nitrogens with zero attached hydrogens (tertiary/aromatic N) is 1. The van der Waals surface area contributed by atoms with Gasteiger partial charge in [0, 0.05) is 21.8 Å². The van der Waals surface area contributed by atoms with Crippen LogP contribution < -0.4 is 0 Å². The van der Waals surface area contributed by atoms with Crippen LogP contribution in [0.15, 0.2) is 188 Å². The summed E-state index contributed by atoms with van der Waals surface area (Å²) in [4.78, 5) is 0. The van der Waals surface area contributed by atoms with Crippen LogP contribution in [0.4, 0.5) is 0 Å². The molecule has 228 valence electrons. The first-order valence-electron chi connectivity index (χ1n) is 16.9. The number of benzene rings is 9.